The Kier molecular flexibility index (Phi) is 16.9. The number of nitrogens with one attached hydrogen (secondary N) is 3. The number of carboxylic acid groups (broad SMARTS) is 2. The van der Waals surface area contributed by atoms with E-state index in [1.165, 1.54) is 0 Å². The summed E-state index contributed by atoms with van der Waals surface area (Å²) in [6.45, 7) is -5.04. The Morgan fingerprint density at radius 2 is 1.19 bits per heavy atom. The number of carbonyl (C=O) groups is 5. The molecule has 3 heterocycles. The average molecular weight is 836 g/mol. The van der Waals surface area contributed by atoms with E-state index in [-0.39, 0.29) is 0 Å². The number of amides is 3. The Morgan fingerprint density at radius 1 is 0.702 bits per heavy atom. The Balaban J connectivity index is 2.00. The molecule has 3 rings (SSSR count). The molecule has 17 N–H and O–H groups in total. The van der Waals surface area contributed by atoms with Crippen LogP contribution in [0.3, 0.4) is 0 Å². The van der Waals surface area contributed by atoms with Gasteiger partial charge in [-0.3, -0.25) is 14.4 Å². The van der Waals surface area contributed by atoms with Gasteiger partial charge in [0, 0.05) is 19.8 Å². The van der Waals surface area contributed by atoms with Crippen LogP contribution in [0.4, 0.5) is 0 Å². The van der Waals surface area contributed by atoms with Crippen LogP contribution in [0.5, 0.6) is 0 Å². The maximum absolute atomic E-state index is 12.8. The molecule has 57 heavy (non-hydrogen) atoms. The molecule has 0 radical (unpaired) electrons. The fourth-order valence-electron chi connectivity index (χ4n) is 6.55. The minimum Gasteiger partial charge on any atom is -0.477 e. The van der Waals surface area contributed by atoms with Gasteiger partial charge in [0.1, 0.15) is 74.2 Å². The monoisotopic (exact) mass is 835 g/mol. The van der Waals surface area contributed by atoms with E-state index in [4.69, 9.17) is 23.7 Å². The van der Waals surface area contributed by atoms with Crippen LogP contribution in [0, 0.1) is 0 Å². The topological polar surface area (TPSA) is 451 Å². The Bertz CT molecular complexity index is 1410. The summed E-state index contributed by atoms with van der Waals surface area (Å²) in [5, 5.41) is 151. The Hall–Kier alpha value is -3.33. The van der Waals surface area contributed by atoms with Crippen molar-refractivity contribution in [2.24, 2.45) is 0 Å². The van der Waals surface area contributed by atoms with E-state index in [9.17, 15) is 95.5 Å². The van der Waals surface area contributed by atoms with Crippen molar-refractivity contribution < 1.29 is 119 Å². The second kappa shape index (κ2) is 20.1. The number of hydrogen-bond acceptors (Lipinski definition) is 22. The molecule has 0 aromatic heterocycles. The van der Waals surface area contributed by atoms with E-state index in [1.54, 1.807) is 0 Å². The molecule has 27 heteroatoms. The summed E-state index contributed by atoms with van der Waals surface area (Å²) >= 11 is 0. The molecule has 1 unspecified atom stereocenters. The van der Waals surface area contributed by atoms with Gasteiger partial charge in [-0.15, -0.1) is 0 Å². The van der Waals surface area contributed by atoms with Gasteiger partial charge < -0.3 is 111 Å². The molecule has 0 aromatic rings. The number of hydrogen-bond donors (Lipinski definition) is 17. The van der Waals surface area contributed by atoms with E-state index in [1.807, 2.05) is 5.32 Å². The fraction of sp³-hybridized carbons (Fsp3) is 0.833. The van der Waals surface area contributed by atoms with Crippen LogP contribution >= 0.6 is 0 Å². The molecule has 0 spiro atoms. The van der Waals surface area contributed by atoms with Gasteiger partial charge in [-0.05, 0) is 0 Å². The quantitative estimate of drug-likeness (QED) is 0.0609. The smallest absolute Gasteiger partial charge is 0.364 e. The van der Waals surface area contributed by atoms with E-state index >= 15 is 0 Å². The number of aliphatic hydroxyl groups excluding tert-OH is 12. The van der Waals surface area contributed by atoms with E-state index in [0.29, 0.717) is 0 Å². The molecule has 3 saturated heterocycles. The van der Waals surface area contributed by atoms with Crippen molar-refractivity contribution in [3.8, 4) is 0 Å². The largest absolute Gasteiger partial charge is 0.477 e. The highest BCUT2D eigenvalue weighted by Crippen LogP contribution is 2.38. The third-order valence-corrected chi connectivity index (χ3v) is 9.47. The predicted octanol–water partition coefficient (Wildman–Crippen LogP) is -10.8. The van der Waals surface area contributed by atoms with E-state index in [0.717, 1.165) is 6.92 Å². The Labute approximate surface area is 320 Å². The summed E-state index contributed by atoms with van der Waals surface area (Å²) in [4.78, 5) is 61.2. The summed E-state index contributed by atoms with van der Waals surface area (Å²) in [6.07, 6.45) is -28.0. The van der Waals surface area contributed by atoms with Crippen LogP contribution in [-0.4, -0.2) is 237 Å². The minimum absolute atomic E-state index is 0.732. The summed E-state index contributed by atoms with van der Waals surface area (Å²) < 4.78 is 27.1. The zero-order valence-corrected chi connectivity index (χ0v) is 30.0. The zero-order valence-electron chi connectivity index (χ0n) is 30.0. The SMILES string of the molecule is CC(=O)N[C@H]1C(O)O[C@H](CO[C@]2(C(=O)O)C[C@H](O)[C@@H](NC(=O)CO)[C@H]([C@H](O)[C@@H](CO)O[C@]3(C(=O)O)C[C@H](O)[C@@H](NC(=O)CO)[C@H]([C@H](O)[C@H](O)CO)O3)O2)[C@H](O)[C@@H]1O. The van der Waals surface area contributed by atoms with Crippen molar-refractivity contribution in [3.05, 3.63) is 0 Å². The van der Waals surface area contributed by atoms with Crippen LogP contribution in [-0.2, 0) is 47.7 Å². The first kappa shape index (κ1) is 48.0. The molecule has 0 saturated carbocycles. The van der Waals surface area contributed by atoms with Crippen molar-refractivity contribution in [2.45, 2.75) is 123 Å². The van der Waals surface area contributed by atoms with Crippen molar-refractivity contribution in [3.63, 3.8) is 0 Å². The highest BCUT2D eigenvalue weighted by molar-refractivity contribution is 5.79. The van der Waals surface area contributed by atoms with Crippen LogP contribution < -0.4 is 16.0 Å². The van der Waals surface area contributed by atoms with Crippen molar-refractivity contribution in [2.75, 3.05) is 33.0 Å². The lowest BCUT2D eigenvalue weighted by Gasteiger charge is -2.50. The van der Waals surface area contributed by atoms with Gasteiger partial charge in [-0.25, -0.2) is 9.59 Å². The summed E-state index contributed by atoms with van der Waals surface area (Å²) in [6, 6.07) is -5.28. The second-order valence-electron chi connectivity index (χ2n) is 13.5. The third kappa shape index (κ3) is 10.8. The predicted molar refractivity (Wildman–Crippen MR) is 173 cm³/mol. The second-order valence-corrected chi connectivity index (χ2v) is 13.5. The fourth-order valence-corrected chi connectivity index (χ4v) is 6.55. The molecular formula is C30H49N3O24. The molecular weight excluding hydrogens is 786 g/mol. The van der Waals surface area contributed by atoms with Crippen LogP contribution in [0.1, 0.15) is 19.8 Å². The minimum atomic E-state index is -3.25. The van der Waals surface area contributed by atoms with Gasteiger partial charge in [0.05, 0.1) is 44.1 Å². The highest BCUT2D eigenvalue weighted by atomic mass is 16.8. The number of ether oxygens (including phenoxy) is 5. The molecule has 3 amide bonds. The van der Waals surface area contributed by atoms with Gasteiger partial charge in [0.15, 0.2) is 6.29 Å². The van der Waals surface area contributed by atoms with Gasteiger partial charge in [-0.2, -0.15) is 0 Å². The maximum atomic E-state index is 12.8. The number of carbonyl (C=O) groups excluding carboxylic acids is 3. The number of rotatable bonds is 18. The van der Waals surface area contributed by atoms with Crippen LogP contribution in [0.25, 0.3) is 0 Å². The number of aliphatic carboxylic acids is 2. The van der Waals surface area contributed by atoms with Gasteiger partial charge in [0.25, 0.3) is 11.6 Å². The molecule has 27 nitrogen and oxygen atoms in total. The first-order chi connectivity index (χ1) is 26.6. The molecule has 0 bridgehead atoms. The van der Waals surface area contributed by atoms with Gasteiger partial charge in [-0.1, -0.05) is 0 Å². The lowest BCUT2D eigenvalue weighted by Crippen LogP contribution is -2.71. The van der Waals surface area contributed by atoms with Crippen molar-refractivity contribution in [1.82, 2.24) is 16.0 Å². The first-order valence-corrected chi connectivity index (χ1v) is 17.2. The average Bonchev–Trinajstić information content (AvgIpc) is 3.16. The number of aliphatic hydroxyl groups is 12. The molecule has 3 aliphatic heterocycles. The van der Waals surface area contributed by atoms with Crippen molar-refractivity contribution in [1.29, 1.82) is 0 Å². The van der Waals surface area contributed by atoms with E-state index in [2.05, 4.69) is 10.6 Å². The van der Waals surface area contributed by atoms with Gasteiger partial charge in [0.2, 0.25) is 17.7 Å². The zero-order chi connectivity index (χ0) is 43.2. The van der Waals surface area contributed by atoms with Crippen molar-refractivity contribution >= 4 is 29.7 Å². The lowest BCUT2D eigenvalue weighted by molar-refractivity contribution is -0.349. The third-order valence-electron chi connectivity index (χ3n) is 9.47. The maximum Gasteiger partial charge on any atom is 0.364 e. The summed E-state index contributed by atoms with van der Waals surface area (Å²) in [5.41, 5.74) is 0. The standard InChI is InChI=1S/C30H49N3O24/c1-9(38)31-19-23(47)21(45)14(54-26(19)48)8-53-29(27(49)50)2-10(39)18(33-16(43)7-37)25(56-29)22(46)13(5-35)55-30(28(51)52)3-11(40)17(32-15(42)6-36)24(57-30)20(44)12(41)4-34/h10-14,17-26,34-37,39-41,44-48H,2-8H2,1H3,(H,31,38)(H,32,42)(H,33,43)(H,49,50)(H,51,52)/t10-,11-,12+,13+,14+,17+,18+,19+,20+,21-,22+,23+,24+,25+,26?,29+,30+/m0/s1. The molecule has 3 aliphatic rings. The molecule has 17 atom stereocenters. The first-order valence-electron chi connectivity index (χ1n) is 17.2. The normalized spacial score (nSPS) is 37.9. The van der Waals surface area contributed by atoms with Gasteiger partial charge >= 0.3 is 11.9 Å². The van der Waals surface area contributed by atoms with E-state index < -0.39 is 179 Å². The highest BCUT2D eigenvalue weighted by Gasteiger charge is 2.60. The summed E-state index contributed by atoms with van der Waals surface area (Å²) in [7, 11) is 0. The molecule has 328 valence electrons. The number of carboxylic acids is 2. The Morgan fingerprint density at radius 3 is 1.65 bits per heavy atom. The molecule has 3 fully saturated rings. The van der Waals surface area contributed by atoms with Crippen LogP contribution in [0.15, 0.2) is 0 Å². The summed E-state index contributed by atoms with van der Waals surface area (Å²) in [5.74, 6) is -13.7. The lowest BCUT2D eigenvalue weighted by atomic mass is 9.87. The van der Waals surface area contributed by atoms with Crippen LogP contribution in [0.2, 0.25) is 0 Å². The molecule has 0 aliphatic carbocycles. The molecule has 0 aromatic carbocycles.